The molecule has 0 spiro atoms. The Hall–Kier alpha value is -0.120. The summed E-state index contributed by atoms with van der Waals surface area (Å²) in [5.74, 6) is 0.844. The Kier molecular flexibility index (Phi) is 5.67. The van der Waals surface area contributed by atoms with Crippen LogP contribution < -0.4 is 5.32 Å². The van der Waals surface area contributed by atoms with E-state index >= 15 is 0 Å². The minimum atomic E-state index is 0.362. The molecule has 2 aliphatic rings. The van der Waals surface area contributed by atoms with E-state index in [9.17, 15) is 0 Å². The topological polar surface area (TPSA) is 24.5 Å². The van der Waals surface area contributed by atoms with Gasteiger partial charge >= 0.3 is 0 Å². The summed E-state index contributed by atoms with van der Waals surface area (Å²) >= 11 is 0. The zero-order valence-electron chi connectivity index (χ0n) is 13.1. The van der Waals surface area contributed by atoms with E-state index in [-0.39, 0.29) is 0 Å². The Labute approximate surface area is 119 Å². The predicted octanol–water partition coefficient (Wildman–Crippen LogP) is 2.51. The molecular formula is C16H32N2O. The molecule has 0 aromatic carbocycles. The van der Waals surface area contributed by atoms with Gasteiger partial charge in [0.25, 0.3) is 0 Å². The van der Waals surface area contributed by atoms with Gasteiger partial charge in [0.15, 0.2) is 0 Å². The molecule has 0 aliphatic carbocycles. The lowest BCUT2D eigenvalue weighted by Gasteiger charge is -2.43. The van der Waals surface area contributed by atoms with Crippen LogP contribution >= 0.6 is 0 Å². The fourth-order valence-corrected chi connectivity index (χ4v) is 3.57. The quantitative estimate of drug-likeness (QED) is 0.749. The standard InChI is InChI=1S/C16H32N2O/c1-4-8-17-11-16(7-10-19-13-16)12-18-9-5-6-14(2)15(18)3/h14-15,17H,4-13H2,1-3H3. The highest BCUT2D eigenvalue weighted by Crippen LogP contribution is 2.32. The van der Waals surface area contributed by atoms with E-state index in [1.54, 1.807) is 0 Å². The van der Waals surface area contributed by atoms with Gasteiger partial charge in [-0.25, -0.2) is 0 Å². The van der Waals surface area contributed by atoms with E-state index in [1.807, 2.05) is 0 Å². The highest BCUT2D eigenvalue weighted by molar-refractivity contribution is 4.91. The molecule has 0 radical (unpaired) electrons. The van der Waals surface area contributed by atoms with Gasteiger partial charge in [-0.1, -0.05) is 13.8 Å². The molecule has 2 saturated heterocycles. The first-order chi connectivity index (χ1) is 9.17. The number of nitrogens with zero attached hydrogens (tertiary/aromatic N) is 1. The van der Waals surface area contributed by atoms with Crippen molar-refractivity contribution >= 4 is 0 Å². The minimum absolute atomic E-state index is 0.362. The van der Waals surface area contributed by atoms with Crippen molar-refractivity contribution in [1.29, 1.82) is 0 Å². The van der Waals surface area contributed by atoms with Crippen LogP contribution in [0.3, 0.4) is 0 Å². The molecule has 0 aromatic rings. The molecule has 0 bridgehead atoms. The normalized spacial score (nSPS) is 36.8. The van der Waals surface area contributed by atoms with Crippen LogP contribution in [0.25, 0.3) is 0 Å². The summed E-state index contributed by atoms with van der Waals surface area (Å²) in [7, 11) is 0. The smallest absolute Gasteiger partial charge is 0.0547 e. The highest BCUT2D eigenvalue weighted by atomic mass is 16.5. The third-order valence-corrected chi connectivity index (χ3v) is 5.15. The molecular weight excluding hydrogens is 236 g/mol. The second-order valence-corrected chi connectivity index (χ2v) is 6.81. The molecule has 2 heterocycles. The van der Waals surface area contributed by atoms with Crippen molar-refractivity contribution in [3.63, 3.8) is 0 Å². The predicted molar refractivity (Wildman–Crippen MR) is 80.5 cm³/mol. The Morgan fingerprint density at radius 3 is 2.89 bits per heavy atom. The van der Waals surface area contributed by atoms with Crippen LogP contribution in [0.15, 0.2) is 0 Å². The van der Waals surface area contributed by atoms with Crippen LogP contribution in [0.1, 0.15) is 46.5 Å². The number of likely N-dealkylation sites (tertiary alicyclic amines) is 1. The fourth-order valence-electron chi connectivity index (χ4n) is 3.57. The largest absolute Gasteiger partial charge is 0.381 e. The number of rotatable bonds is 6. The maximum absolute atomic E-state index is 5.73. The third kappa shape index (κ3) is 3.93. The highest BCUT2D eigenvalue weighted by Gasteiger charge is 2.38. The van der Waals surface area contributed by atoms with Gasteiger partial charge in [0.05, 0.1) is 6.61 Å². The Balaban J connectivity index is 1.91. The first-order valence-electron chi connectivity index (χ1n) is 8.19. The van der Waals surface area contributed by atoms with Crippen molar-refractivity contribution in [2.24, 2.45) is 11.3 Å². The summed E-state index contributed by atoms with van der Waals surface area (Å²) in [6.45, 7) is 13.7. The minimum Gasteiger partial charge on any atom is -0.381 e. The van der Waals surface area contributed by atoms with E-state index in [4.69, 9.17) is 4.74 Å². The van der Waals surface area contributed by atoms with Gasteiger partial charge in [0, 0.05) is 31.2 Å². The van der Waals surface area contributed by atoms with Crippen LogP contribution in [-0.4, -0.2) is 50.3 Å². The zero-order valence-corrected chi connectivity index (χ0v) is 13.1. The lowest BCUT2D eigenvalue weighted by Crippen LogP contribution is -2.51. The molecule has 3 heteroatoms. The zero-order chi connectivity index (χ0) is 13.7. The molecule has 3 nitrogen and oxygen atoms in total. The number of piperidine rings is 1. The average Bonchev–Trinajstić information content (AvgIpc) is 2.84. The average molecular weight is 268 g/mol. The maximum Gasteiger partial charge on any atom is 0.0547 e. The van der Waals surface area contributed by atoms with Gasteiger partial charge in [-0.15, -0.1) is 0 Å². The van der Waals surface area contributed by atoms with Crippen LogP contribution in [0.2, 0.25) is 0 Å². The second-order valence-electron chi connectivity index (χ2n) is 6.81. The van der Waals surface area contributed by atoms with Crippen LogP contribution in [0, 0.1) is 11.3 Å². The van der Waals surface area contributed by atoms with E-state index in [1.165, 1.54) is 38.8 Å². The van der Waals surface area contributed by atoms with Gasteiger partial charge in [-0.2, -0.15) is 0 Å². The van der Waals surface area contributed by atoms with Crippen molar-refractivity contribution < 1.29 is 4.74 Å². The van der Waals surface area contributed by atoms with Gasteiger partial charge in [0.2, 0.25) is 0 Å². The van der Waals surface area contributed by atoms with Crippen LogP contribution in [-0.2, 0) is 4.74 Å². The molecule has 1 N–H and O–H groups in total. The van der Waals surface area contributed by atoms with E-state index in [2.05, 4.69) is 31.0 Å². The Bertz CT molecular complexity index is 263. The van der Waals surface area contributed by atoms with Crippen molar-refractivity contribution in [1.82, 2.24) is 10.2 Å². The van der Waals surface area contributed by atoms with Crippen molar-refractivity contribution in [3.8, 4) is 0 Å². The van der Waals surface area contributed by atoms with Gasteiger partial charge in [-0.3, -0.25) is 4.90 Å². The van der Waals surface area contributed by atoms with Crippen molar-refractivity contribution in [3.05, 3.63) is 0 Å². The molecule has 19 heavy (non-hydrogen) atoms. The van der Waals surface area contributed by atoms with Crippen LogP contribution in [0.5, 0.6) is 0 Å². The first kappa shape index (κ1) is 15.3. The monoisotopic (exact) mass is 268 g/mol. The van der Waals surface area contributed by atoms with Gasteiger partial charge < -0.3 is 10.1 Å². The number of ether oxygens (including phenoxy) is 1. The molecule has 0 aromatic heterocycles. The van der Waals surface area contributed by atoms with Crippen molar-refractivity contribution in [2.45, 2.75) is 52.5 Å². The molecule has 2 aliphatic heterocycles. The molecule has 2 rings (SSSR count). The summed E-state index contributed by atoms with van der Waals surface area (Å²) in [4.78, 5) is 2.72. The van der Waals surface area contributed by atoms with Crippen molar-refractivity contribution in [2.75, 3.05) is 39.4 Å². The Morgan fingerprint density at radius 2 is 2.21 bits per heavy atom. The fraction of sp³-hybridized carbons (Fsp3) is 1.00. The number of nitrogens with one attached hydrogen (secondary N) is 1. The number of hydrogen-bond acceptors (Lipinski definition) is 3. The summed E-state index contributed by atoms with van der Waals surface area (Å²) in [5, 5.41) is 3.63. The van der Waals surface area contributed by atoms with Gasteiger partial charge in [0.1, 0.15) is 0 Å². The second kappa shape index (κ2) is 7.05. The third-order valence-electron chi connectivity index (χ3n) is 5.15. The lowest BCUT2D eigenvalue weighted by atomic mass is 9.83. The summed E-state index contributed by atoms with van der Waals surface area (Å²) < 4.78 is 5.73. The van der Waals surface area contributed by atoms with E-state index in [0.29, 0.717) is 5.41 Å². The Morgan fingerprint density at radius 1 is 1.37 bits per heavy atom. The molecule has 0 saturated carbocycles. The van der Waals surface area contributed by atoms with E-state index < -0.39 is 0 Å². The summed E-state index contributed by atoms with van der Waals surface area (Å²) in [5.41, 5.74) is 0.362. The lowest BCUT2D eigenvalue weighted by molar-refractivity contribution is 0.0499. The molecule has 0 amide bonds. The summed E-state index contributed by atoms with van der Waals surface area (Å²) in [6, 6.07) is 0.734. The molecule has 2 fully saturated rings. The maximum atomic E-state index is 5.73. The first-order valence-corrected chi connectivity index (χ1v) is 8.19. The SMILES string of the molecule is CCCNCC1(CN2CCCC(C)C2C)CCOC1. The van der Waals surface area contributed by atoms with Crippen LogP contribution in [0.4, 0.5) is 0 Å². The number of hydrogen-bond donors (Lipinski definition) is 1. The molecule has 3 unspecified atom stereocenters. The van der Waals surface area contributed by atoms with Gasteiger partial charge in [-0.05, 0) is 51.6 Å². The van der Waals surface area contributed by atoms with E-state index in [0.717, 1.165) is 38.3 Å². The molecule has 112 valence electrons. The molecule has 3 atom stereocenters. The summed E-state index contributed by atoms with van der Waals surface area (Å²) in [6.07, 6.45) is 5.20.